The van der Waals surface area contributed by atoms with Crippen LogP contribution in [0.25, 0.3) is 0 Å². The van der Waals surface area contributed by atoms with Gasteiger partial charge in [0.15, 0.2) is 0 Å². The Labute approximate surface area is 89.7 Å². The Morgan fingerprint density at radius 3 is 2.64 bits per heavy atom. The Balaban J connectivity index is 2.61. The van der Waals surface area contributed by atoms with Crippen LogP contribution in [-0.2, 0) is 16.0 Å². The van der Waals surface area contributed by atoms with Crippen LogP contribution in [0.4, 0.5) is 0 Å². The summed E-state index contributed by atoms with van der Waals surface area (Å²) < 4.78 is 5.04. The molecule has 0 heterocycles. The standard InChI is InChI=1S/C11H14O2S/c1-8(2)13-11(12)7-9-5-3-4-6-10(9)14/h3-6,8,14H,7H2,1-2H3. The number of carbonyl (C=O) groups is 1. The molecule has 1 aromatic carbocycles. The molecule has 1 rings (SSSR count). The molecule has 0 radical (unpaired) electrons. The molecule has 0 unspecified atom stereocenters. The second-order valence-corrected chi connectivity index (χ2v) is 3.83. The first-order valence-corrected chi connectivity index (χ1v) is 5.00. The number of rotatable bonds is 3. The topological polar surface area (TPSA) is 26.3 Å². The molecule has 0 aliphatic heterocycles. The lowest BCUT2D eigenvalue weighted by atomic mass is 10.1. The summed E-state index contributed by atoms with van der Waals surface area (Å²) in [5, 5.41) is 0. The summed E-state index contributed by atoms with van der Waals surface area (Å²) in [5.74, 6) is -0.207. The van der Waals surface area contributed by atoms with Gasteiger partial charge in [0, 0.05) is 4.90 Å². The number of esters is 1. The van der Waals surface area contributed by atoms with Crippen LogP contribution >= 0.6 is 12.6 Å². The van der Waals surface area contributed by atoms with Crippen LogP contribution in [0.15, 0.2) is 29.2 Å². The third-order valence-electron chi connectivity index (χ3n) is 1.69. The number of hydrogen-bond acceptors (Lipinski definition) is 3. The van der Waals surface area contributed by atoms with Gasteiger partial charge in [0.05, 0.1) is 12.5 Å². The van der Waals surface area contributed by atoms with Gasteiger partial charge in [0.2, 0.25) is 0 Å². The number of ether oxygens (including phenoxy) is 1. The Hall–Kier alpha value is -0.960. The highest BCUT2D eigenvalue weighted by molar-refractivity contribution is 7.80. The molecule has 0 fully saturated rings. The Morgan fingerprint density at radius 2 is 2.07 bits per heavy atom. The molecule has 76 valence electrons. The van der Waals surface area contributed by atoms with E-state index in [1.807, 2.05) is 38.1 Å². The van der Waals surface area contributed by atoms with Gasteiger partial charge in [0.1, 0.15) is 0 Å². The highest BCUT2D eigenvalue weighted by Crippen LogP contribution is 2.14. The average Bonchev–Trinajstić information content (AvgIpc) is 2.07. The molecular formula is C11H14O2S. The van der Waals surface area contributed by atoms with Crippen molar-refractivity contribution in [3.05, 3.63) is 29.8 Å². The Morgan fingerprint density at radius 1 is 1.43 bits per heavy atom. The smallest absolute Gasteiger partial charge is 0.310 e. The zero-order chi connectivity index (χ0) is 10.6. The number of thiol groups is 1. The van der Waals surface area contributed by atoms with Crippen molar-refractivity contribution in [1.82, 2.24) is 0 Å². The minimum absolute atomic E-state index is 0.0606. The molecule has 14 heavy (non-hydrogen) atoms. The van der Waals surface area contributed by atoms with Gasteiger partial charge in [-0.1, -0.05) is 18.2 Å². The molecular weight excluding hydrogens is 196 g/mol. The fourth-order valence-corrected chi connectivity index (χ4v) is 1.36. The second-order valence-electron chi connectivity index (χ2n) is 3.34. The molecule has 0 aliphatic carbocycles. The van der Waals surface area contributed by atoms with Crippen LogP contribution in [0.5, 0.6) is 0 Å². The van der Waals surface area contributed by atoms with E-state index in [9.17, 15) is 4.79 Å². The van der Waals surface area contributed by atoms with Gasteiger partial charge >= 0.3 is 5.97 Å². The van der Waals surface area contributed by atoms with Crippen molar-refractivity contribution in [2.24, 2.45) is 0 Å². The van der Waals surface area contributed by atoms with Gasteiger partial charge in [-0.25, -0.2) is 0 Å². The Kier molecular flexibility index (Phi) is 4.01. The van der Waals surface area contributed by atoms with Crippen molar-refractivity contribution in [2.75, 3.05) is 0 Å². The van der Waals surface area contributed by atoms with Crippen LogP contribution in [0, 0.1) is 0 Å². The van der Waals surface area contributed by atoms with Gasteiger partial charge < -0.3 is 4.74 Å². The van der Waals surface area contributed by atoms with E-state index in [4.69, 9.17) is 4.74 Å². The maximum Gasteiger partial charge on any atom is 0.310 e. The van der Waals surface area contributed by atoms with E-state index in [2.05, 4.69) is 12.6 Å². The van der Waals surface area contributed by atoms with Crippen molar-refractivity contribution in [3.8, 4) is 0 Å². The molecule has 3 heteroatoms. The highest BCUT2D eigenvalue weighted by Gasteiger charge is 2.08. The first kappa shape index (κ1) is 11.1. The SMILES string of the molecule is CC(C)OC(=O)Cc1ccccc1S. The van der Waals surface area contributed by atoms with E-state index >= 15 is 0 Å². The summed E-state index contributed by atoms with van der Waals surface area (Å²) >= 11 is 4.26. The van der Waals surface area contributed by atoms with Crippen LogP contribution in [0.3, 0.4) is 0 Å². The number of benzene rings is 1. The molecule has 0 aliphatic rings. The van der Waals surface area contributed by atoms with E-state index < -0.39 is 0 Å². The first-order chi connectivity index (χ1) is 6.59. The predicted octanol–water partition coefficient (Wildman–Crippen LogP) is 2.47. The van der Waals surface area contributed by atoms with Crippen LogP contribution in [0.1, 0.15) is 19.4 Å². The van der Waals surface area contributed by atoms with E-state index in [-0.39, 0.29) is 18.5 Å². The zero-order valence-electron chi connectivity index (χ0n) is 8.36. The van der Waals surface area contributed by atoms with Crippen molar-refractivity contribution < 1.29 is 9.53 Å². The van der Waals surface area contributed by atoms with Crippen LogP contribution in [0.2, 0.25) is 0 Å². The number of carbonyl (C=O) groups excluding carboxylic acids is 1. The average molecular weight is 210 g/mol. The fraction of sp³-hybridized carbons (Fsp3) is 0.364. The quantitative estimate of drug-likeness (QED) is 0.612. The van der Waals surface area contributed by atoms with Crippen molar-refractivity contribution >= 4 is 18.6 Å². The van der Waals surface area contributed by atoms with Crippen LogP contribution in [-0.4, -0.2) is 12.1 Å². The predicted molar refractivity (Wildman–Crippen MR) is 58.6 cm³/mol. The minimum Gasteiger partial charge on any atom is -0.463 e. The zero-order valence-corrected chi connectivity index (χ0v) is 9.25. The molecule has 1 aromatic rings. The van der Waals surface area contributed by atoms with Crippen molar-refractivity contribution in [2.45, 2.75) is 31.3 Å². The van der Waals surface area contributed by atoms with Gasteiger partial charge in [-0.05, 0) is 25.5 Å². The Bertz CT molecular complexity index is 321. The first-order valence-electron chi connectivity index (χ1n) is 4.56. The third-order valence-corrected chi connectivity index (χ3v) is 2.13. The van der Waals surface area contributed by atoms with Gasteiger partial charge in [-0.15, -0.1) is 12.6 Å². The summed E-state index contributed by atoms with van der Waals surface area (Å²) in [6, 6.07) is 7.52. The second kappa shape index (κ2) is 5.05. The summed E-state index contributed by atoms with van der Waals surface area (Å²) in [5.41, 5.74) is 0.904. The van der Waals surface area contributed by atoms with E-state index in [0.29, 0.717) is 0 Å². The molecule has 0 spiro atoms. The van der Waals surface area contributed by atoms with Crippen molar-refractivity contribution in [3.63, 3.8) is 0 Å². The summed E-state index contributed by atoms with van der Waals surface area (Å²) in [6.07, 6.45) is 0.229. The van der Waals surface area contributed by atoms with E-state index in [0.717, 1.165) is 10.5 Å². The molecule has 0 bridgehead atoms. The van der Waals surface area contributed by atoms with E-state index in [1.165, 1.54) is 0 Å². The summed E-state index contributed by atoms with van der Waals surface area (Å²) in [7, 11) is 0. The maximum absolute atomic E-state index is 11.3. The summed E-state index contributed by atoms with van der Waals surface area (Å²) in [6.45, 7) is 3.68. The molecule has 0 aromatic heterocycles. The van der Waals surface area contributed by atoms with Crippen molar-refractivity contribution in [1.29, 1.82) is 0 Å². The number of hydrogen-bond donors (Lipinski definition) is 1. The largest absolute Gasteiger partial charge is 0.463 e. The lowest BCUT2D eigenvalue weighted by Crippen LogP contribution is -2.13. The fourth-order valence-electron chi connectivity index (χ4n) is 1.12. The minimum atomic E-state index is -0.207. The molecule has 0 saturated heterocycles. The highest BCUT2D eigenvalue weighted by atomic mass is 32.1. The molecule has 2 nitrogen and oxygen atoms in total. The third kappa shape index (κ3) is 3.42. The van der Waals surface area contributed by atoms with Gasteiger partial charge in [-0.2, -0.15) is 0 Å². The molecule has 0 N–H and O–H groups in total. The van der Waals surface area contributed by atoms with Gasteiger partial charge in [0.25, 0.3) is 0 Å². The monoisotopic (exact) mass is 210 g/mol. The lowest BCUT2D eigenvalue weighted by Gasteiger charge is -2.08. The maximum atomic E-state index is 11.3. The normalized spacial score (nSPS) is 10.3. The van der Waals surface area contributed by atoms with E-state index in [1.54, 1.807) is 0 Å². The lowest BCUT2D eigenvalue weighted by molar-refractivity contribution is -0.146. The molecule has 0 saturated carbocycles. The van der Waals surface area contributed by atoms with Gasteiger partial charge in [-0.3, -0.25) is 4.79 Å². The summed E-state index contributed by atoms with van der Waals surface area (Å²) in [4.78, 5) is 12.1. The molecule has 0 amide bonds. The molecule has 0 atom stereocenters. The van der Waals surface area contributed by atoms with Crippen LogP contribution < -0.4 is 0 Å².